The highest BCUT2D eigenvalue weighted by Gasteiger charge is 2.24. The van der Waals surface area contributed by atoms with Gasteiger partial charge in [-0.25, -0.2) is 4.39 Å². The maximum Gasteiger partial charge on any atom is 0.254 e. The summed E-state index contributed by atoms with van der Waals surface area (Å²) in [5.74, 6) is -1.23. The molecule has 5 heteroatoms. The Morgan fingerprint density at radius 1 is 1.42 bits per heavy atom. The van der Waals surface area contributed by atoms with Gasteiger partial charge < -0.3 is 15.2 Å². The summed E-state index contributed by atoms with van der Waals surface area (Å²) in [5.41, 5.74) is -1.04. The second-order valence-electron chi connectivity index (χ2n) is 4.44. The SMILES string of the molecule is CCC(O)(CC)CNC(=O)c1cccc(OC)c1F. The number of nitrogens with one attached hydrogen (secondary N) is 1. The molecule has 0 bridgehead atoms. The third-order valence-corrected chi connectivity index (χ3v) is 3.32. The highest BCUT2D eigenvalue weighted by atomic mass is 19.1. The average molecular weight is 269 g/mol. The van der Waals surface area contributed by atoms with E-state index in [1.54, 1.807) is 6.07 Å². The van der Waals surface area contributed by atoms with Crippen LogP contribution in [0.25, 0.3) is 0 Å². The molecule has 0 aliphatic rings. The molecule has 0 aromatic heterocycles. The number of benzene rings is 1. The maximum absolute atomic E-state index is 13.9. The molecule has 1 aromatic carbocycles. The van der Waals surface area contributed by atoms with Crippen LogP contribution in [0.5, 0.6) is 5.75 Å². The smallest absolute Gasteiger partial charge is 0.254 e. The van der Waals surface area contributed by atoms with Gasteiger partial charge in [0.1, 0.15) is 0 Å². The quantitative estimate of drug-likeness (QED) is 0.831. The number of carbonyl (C=O) groups excluding carboxylic acids is 1. The topological polar surface area (TPSA) is 58.6 Å². The first-order valence-corrected chi connectivity index (χ1v) is 6.30. The summed E-state index contributed by atoms with van der Waals surface area (Å²) < 4.78 is 18.7. The minimum absolute atomic E-state index is 0.0221. The normalized spacial score (nSPS) is 11.2. The van der Waals surface area contributed by atoms with E-state index < -0.39 is 17.3 Å². The fourth-order valence-electron chi connectivity index (χ4n) is 1.68. The Hall–Kier alpha value is -1.62. The van der Waals surface area contributed by atoms with Gasteiger partial charge in [0, 0.05) is 6.54 Å². The standard InChI is InChI=1S/C14H20FNO3/c1-4-14(18,5-2)9-16-13(17)10-7-6-8-11(19-3)12(10)15/h6-8,18H,4-5,9H2,1-3H3,(H,16,17). The van der Waals surface area contributed by atoms with Gasteiger partial charge >= 0.3 is 0 Å². The van der Waals surface area contributed by atoms with Crippen molar-refractivity contribution >= 4 is 5.91 Å². The molecule has 0 radical (unpaired) electrons. The van der Waals surface area contributed by atoms with Crippen molar-refractivity contribution in [2.75, 3.05) is 13.7 Å². The molecule has 0 heterocycles. The summed E-state index contributed by atoms with van der Waals surface area (Å²) in [7, 11) is 1.34. The van der Waals surface area contributed by atoms with Crippen LogP contribution in [-0.4, -0.2) is 30.3 Å². The lowest BCUT2D eigenvalue weighted by Gasteiger charge is -2.25. The predicted molar refractivity (Wildman–Crippen MR) is 70.8 cm³/mol. The number of methoxy groups -OCH3 is 1. The fraction of sp³-hybridized carbons (Fsp3) is 0.500. The number of halogens is 1. The van der Waals surface area contributed by atoms with Crippen LogP contribution in [0.15, 0.2) is 18.2 Å². The van der Waals surface area contributed by atoms with Crippen molar-refractivity contribution in [2.45, 2.75) is 32.3 Å². The first-order valence-electron chi connectivity index (χ1n) is 6.30. The molecule has 2 N–H and O–H groups in total. The van der Waals surface area contributed by atoms with Crippen LogP contribution in [0.3, 0.4) is 0 Å². The lowest BCUT2D eigenvalue weighted by atomic mass is 9.97. The van der Waals surface area contributed by atoms with E-state index in [9.17, 15) is 14.3 Å². The highest BCUT2D eigenvalue weighted by molar-refractivity contribution is 5.94. The molecule has 4 nitrogen and oxygen atoms in total. The van der Waals surface area contributed by atoms with Gasteiger partial charge in [-0.2, -0.15) is 0 Å². The summed E-state index contributed by atoms with van der Waals surface area (Å²) in [4.78, 5) is 11.9. The van der Waals surface area contributed by atoms with Crippen molar-refractivity contribution in [3.8, 4) is 5.75 Å². The average Bonchev–Trinajstić information content (AvgIpc) is 2.44. The van der Waals surface area contributed by atoms with Crippen LogP contribution in [-0.2, 0) is 0 Å². The molecule has 0 aliphatic heterocycles. The molecule has 1 rings (SSSR count). The monoisotopic (exact) mass is 269 g/mol. The third-order valence-electron chi connectivity index (χ3n) is 3.32. The van der Waals surface area contributed by atoms with E-state index in [2.05, 4.69) is 5.32 Å². The molecule has 0 atom stereocenters. The van der Waals surface area contributed by atoms with Crippen LogP contribution >= 0.6 is 0 Å². The van der Waals surface area contributed by atoms with E-state index in [0.717, 1.165) is 0 Å². The lowest BCUT2D eigenvalue weighted by molar-refractivity contribution is 0.0313. The van der Waals surface area contributed by atoms with Gasteiger partial charge in [0.25, 0.3) is 5.91 Å². The Balaban J connectivity index is 2.79. The second-order valence-corrected chi connectivity index (χ2v) is 4.44. The molecule has 0 fully saturated rings. The minimum atomic E-state index is -0.953. The van der Waals surface area contributed by atoms with Crippen molar-refractivity contribution in [1.29, 1.82) is 0 Å². The molecule has 0 saturated carbocycles. The summed E-state index contributed by atoms with van der Waals surface area (Å²) in [6, 6.07) is 4.37. The molecule has 0 saturated heterocycles. The Labute approximate surface area is 112 Å². The van der Waals surface area contributed by atoms with Crippen LogP contribution in [0.1, 0.15) is 37.0 Å². The van der Waals surface area contributed by atoms with E-state index in [0.29, 0.717) is 12.8 Å². The molecular weight excluding hydrogens is 249 g/mol. The van der Waals surface area contributed by atoms with Crippen LogP contribution in [0.4, 0.5) is 4.39 Å². The van der Waals surface area contributed by atoms with Crippen molar-refractivity contribution in [1.82, 2.24) is 5.32 Å². The Kier molecular flexibility index (Phi) is 5.30. The van der Waals surface area contributed by atoms with Gasteiger partial charge in [0.05, 0.1) is 18.3 Å². The summed E-state index contributed by atoms with van der Waals surface area (Å²) in [6.45, 7) is 3.76. The van der Waals surface area contributed by atoms with E-state index in [4.69, 9.17) is 4.74 Å². The first-order chi connectivity index (χ1) is 8.97. The molecule has 19 heavy (non-hydrogen) atoms. The van der Waals surface area contributed by atoms with Crippen molar-refractivity contribution in [2.24, 2.45) is 0 Å². The van der Waals surface area contributed by atoms with E-state index >= 15 is 0 Å². The van der Waals surface area contributed by atoms with Crippen molar-refractivity contribution < 1.29 is 19.0 Å². The molecule has 0 aliphatic carbocycles. The Morgan fingerprint density at radius 2 is 2.05 bits per heavy atom. The maximum atomic E-state index is 13.9. The van der Waals surface area contributed by atoms with Crippen LogP contribution in [0.2, 0.25) is 0 Å². The molecule has 0 spiro atoms. The molecule has 1 aromatic rings. The zero-order valence-electron chi connectivity index (χ0n) is 11.5. The first kappa shape index (κ1) is 15.4. The minimum Gasteiger partial charge on any atom is -0.494 e. The number of ether oxygens (including phenoxy) is 1. The Morgan fingerprint density at radius 3 is 2.58 bits per heavy atom. The number of carbonyl (C=O) groups is 1. The fourth-order valence-corrected chi connectivity index (χ4v) is 1.68. The van der Waals surface area contributed by atoms with E-state index in [1.165, 1.54) is 19.2 Å². The zero-order chi connectivity index (χ0) is 14.5. The summed E-state index contributed by atoms with van der Waals surface area (Å²) >= 11 is 0. The van der Waals surface area contributed by atoms with Gasteiger partial charge in [-0.1, -0.05) is 19.9 Å². The van der Waals surface area contributed by atoms with E-state index in [1.807, 2.05) is 13.8 Å². The van der Waals surface area contributed by atoms with Gasteiger partial charge in [-0.15, -0.1) is 0 Å². The zero-order valence-corrected chi connectivity index (χ0v) is 11.5. The summed E-state index contributed by atoms with van der Waals surface area (Å²) in [6.07, 6.45) is 1.04. The molecule has 106 valence electrons. The van der Waals surface area contributed by atoms with Crippen molar-refractivity contribution in [3.05, 3.63) is 29.6 Å². The lowest BCUT2D eigenvalue weighted by Crippen LogP contribution is -2.42. The van der Waals surface area contributed by atoms with Crippen LogP contribution < -0.4 is 10.1 Å². The van der Waals surface area contributed by atoms with Crippen molar-refractivity contribution in [3.63, 3.8) is 0 Å². The number of amides is 1. The highest BCUT2D eigenvalue weighted by Crippen LogP contribution is 2.20. The number of hydrogen-bond donors (Lipinski definition) is 2. The third kappa shape index (κ3) is 3.67. The van der Waals surface area contributed by atoms with Gasteiger partial charge in [0.15, 0.2) is 11.6 Å². The Bertz CT molecular complexity index is 444. The molecule has 0 unspecified atom stereocenters. The molecule has 1 amide bonds. The number of hydrogen-bond acceptors (Lipinski definition) is 3. The predicted octanol–water partition coefficient (Wildman–Crippen LogP) is 2.12. The van der Waals surface area contributed by atoms with Gasteiger partial charge in [-0.05, 0) is 25.0 Å². The van der Waals surface area contributed by atoms with Gasteiger partial charge in [-0.3, -0.25) is 4.79 Å². The van der Waals surface area contributed by atoms with Gasteiger partial charge in [0.2, 0.25) is 0 Å². The van der Waals surface area contributed by atoms with Crippen LogP contribution in [0, 0.1) is 5.82 Å². The number of aliphatic hydroxyl groups is 1. The van der Waals surface area contributed by atoms with E-state index in [-0.39, 0.29) is 17.9 Å². The summed E-state index contributed by atoms with van der Waals surface area (Å²) in [5, 5.41) is 12.6. The number of rotatable bonds is 6. The second kappa shape index (κ2) is 6.52. The largest absolute Gasteiger partial charge is 0.494 e. The molecular formula is C14H20FNO3.